The second-order valence-corrected chi connectivity index (χ2v) is 4.12. The summed E-state index contributed by atoms with van der Waals surface area (Å²) >= 11 is 0. The molecule has 0 fully saturated rings. The summed E-state index contributed by atoms with van der Waals surface area (Å²) in [5, 5.41) is 6.82. The van der Waals surface area contributed by atoms with Gasteiger partial charge in [0.1, 0.15) is 0 Å². The van der Waals surface area contributed by atoms with E-state index in [1.54, 1.807) is 35.4 Å². The van der Waals surface area contributed by atoms with Crippen molar-refractivity contribution in [3.05, 3.63) is 47.1 Å². The Morgan fingerprint density at radius 3 is 2.95 bits per heavy atom. The Labute approximate surface area is 110 Å². The highest BCUT2D eigenvalue weighted by atomic mass is 16.1. The van der Waals surface area contributed by atoms with Crippen LogP contribution in [0.4, 0.5) is 5.69 Å². The van der Waals surface area contributed by atoms with Gasteiger partial charge in [-0.25, -0.2) is 0 Å². The number of nitrogens with zero attached hydrogens (tertiary/aromatic N) is 3. The average Bonchev–Trinajstić information content (AvgIpc) is 2.85. The molecule has 0 aliphatic rings. The lowest BCUT2D eigenvalue weighted by Crippen LogP contribution is -2.21. The summed E-state index contributed by atoms with van der Waals surface area (Å²) in [6.45, 7) is 3.10. The average molecular weight is 260 g/mol. The first-order valence-corrected chi connectivity index (χ1v) is 6.17. The molecule has 0 atom stereocenters. The quantitative estimate of drug-likeness (QED) is 0.875. The Balaban J connectivity index is 1.88. The maximum absolute atomic E-state index is 11.7. The number of nitrogens with one attached hydrogen (secondary N) is 1. The van der Waals surface area contributed by atoms with Crippen molar-refractivity contribution in [1.29, 1.82) is 0 Å². The molecule has 2 aromatic heterocycles. The number of hydrogen-bond acceptors (Lipinski definition) is 3. The molecule has 0 aliphatic heterocycles. The number of pyridine rings is 1. The molecular weight excluding hydrogens is 244 g/mol. The maximum Gasteiger partial charge on any atom is 0.250 e. The molecule has 0 bridgehead atoms. The van der Waals surface area contributed by atoms with E-state index in [1.165, 1.54) is 10.6 Å². The zero-order valence-electron chi connectivity index (χ0n) is 10.7. The van der Waals surface area contributed by atoms with Gasteiger partial charge in [-0.1, -0.05) is 6.07 Å². The summed E-state index contributed by atoms with van der Waals surface area (Å²) in [4.78, 5) is 23.2. The molecule has 0 spiro atoms. The zero-order chi connectivity index (χ0) is 13.7. The molecule has 6 heteroatoms. The standard InChI is InChI=1S/C13H16N4O2/c1-2-17-10-11(9-14-17)15-12(18)6-8-16-7-4-3-5-13(16)19/h3-5,7,9-10H,2,6,8H2,1H3,(H,15,18). The number of anilines is 1. The number of hydrogen-bond donors (Lipinski definition) is 1. The van der Waals surface area contributed by atoms with E-state index in [-0.39, 0.29) is 17.9 Å². The third-order valence-electron chi connectivity index (χ3n) is 2.72. The molecule has 2 rings (SSSR count). The lowest BCUT2D eigenvalue weighted by Gasteiger charge is -2.05. The number of aromatic nitrogens is 3. The van der Waals surface area contributed by atoms with Crippen molar-refractivity contribution in [3.8, 4) is 0 Å². The minimum absolute atomic E-state index is 0.103. The van der Waals surface area contributed by atoms with Crippen molar-refractivity contribution in [3.63, 3.8) is 0 Å². The summed E-state index contributed by atoms with van der Waals surface area (Å²) in [6, 6.07) is 4.92. The normalized spacial score (nSPS) is 10.4. The second-order valence-electron chi connectivity index (χ2n) is 4.12. The van der Waals surface area contributed by atoms with Gasteiger partial charge in [-0.3, -0.25) is 14.3 Å². The van der Waals surface area contributed by atoms with Crippen LogP contribution in [0.5, 0.6) is 0 Å². The molecular formula is C13H16N4O2. The predicted octanol–water partition coefficient (Wildman–Crippen LogP) is 1.09. The van der Waals surface area contributed by atoms with Crippen LogP contribution in [-0.2, 0) is 17.9 Å². The first-order valence-electron chi connectivity index (χ1n) is 6.17. The molecule has 1 amide bonds. The lowest BCUT2D eigenvalue weighted by atomic mass is 10.3. The van der Waals surface area contributed by atoms with Gasteiger partial charge in [-0.15, -0.1) is 0 Å². The van der Waals surface area contributed by atoms with Crippen molar-refractivity contribution < 1.29 is 4.79 Å². The minimum Gasteiger partial charge on any atom is -0.323 e. The van der Waals surface area contributed by atoms with E-state index in [2.05, 4.69) is 10.4 Å². The van der Waals surface area contributed by atoms with Crippen molar-refractivity contribution >= 4 is 11.6 Å². The largest absolute Gasteiger partial charge is 0.323 e. The SMILES string of the molecule is CCn1cc(NC(=O)CCn2ccccc2=O)cn1. The zero-order valence-corrected chi connectivity index (χ0v) is 10.7. The molecule has 0 saturated carbocycles. The fourth-order valence-corrected chi connectivity index (χ4v) is 1.69. The van der Waals surface area contributed by atoms with Crippen LogP contribution >= 0.6 is 0 Å². The smallest absolute Gasteiger partial charge is 0.250 e. The van der Waals surface area contributed by atoms with Gasteiger partial charge in [0, 0.05) is 38.0 Å². The number of carbonyl (C=O) groups excluding carboxylic acids is 1. The Kier molecular flexibility index (Phi) is 4.12. The Bertz CT molecular complexity index is 615. The van der Waals surface area contributed by atoms with Crippen LogP contribution < -0.4 is 10.9 Å². The first kappa shape index (κ1) is 13.1. The van der Waals surface area contributed by atoms with Gasteiger partial charge in [-0.05, 0) is 13.0 Å². The van der Waals surface area contributed by atoms with Gasteiger partial charge >= 0.3 is 0 Å². The second kappa shape index (κ2) is 5.99. The van der Waals surface area contributed by atoms with E-state index in [9.17, 15) is 9.59 Å². The van der Waals surface area contributed by atoms with Crippen molar-refractivity contribution in [2.24, 2.45) is 0 Å². The third kappa shape index (κ3) is 3.54. The van der Waals surface area contributed by atoms with Crippen LogP contribution in [0.15, 0.2) is 41.6 Å². The van der Waals surface area contributed by atoms with Crippen molar-refractivity contribution in [2.45, 2.75) is 26.4 Å². The van der Waals surface area contributed by atoms with E-state index in [1.807, 2.05) is 6.92 Å². The Morgan fingerprint density at radius 1 is 1.42 bits per heavy atom. The molecule has 2 heterocycles. The predicted molar refractivity (Wildman–Crippen MR) is 71.8 cm³/mol. The summed E-state index contributed by atoms with van der Waals surface area (Å²) in [7, 11) is 0. The summed E-state index contributed by atoms with van der Waals surface area (Å²) in [5.74, 6) is -0.133. The van der Waals surface area contributed by atoms with E-state index < -0.39 is 0 Å². The molecule has 0 aliphatic carbocycles. The summed E-state index contributed by atoms with van der Waals surface area (Å²) < 4.78 is 3.24. The Morgan fingerprint density at radius 2 is 2.26 bits per heavy atom. The van der Waals surface area contributed by atoms with E-state index >= 15 is 0 Å². The summed E-state index contributed by atoms with van der Waals surface area (Å²) in [6.07, 6.45) is 5.30. The molecule has 6 nitrogen and oxygen atoms in total. The van der Waals surface area contributed by atoms with E-state index in [4.69, 9.17) is 0 Å². The van der Waals surface area contributed by atoms with Crippen molar-refractivity contribution in [1.82, 2.24) is 14.3 Å². The van der Waals surface area contributed by atoms with Gasteiger partial charge in [0.05, 0.1) is 11.9 Å². The molecule has 0 aromatic carbocycles. The van der Waals surface area contributed by atoms with E-state index in [0.29, 0.717) is 12.2 Å². The number of amides is 1. The fraction of sp³-hybridized carbons (Fsp3) is 0.308. The monoisotopic (exact) mass is 260 g/mol. The van der Waals surface area contributed by atoms with E-state index in [0.717, 1.165) is 6.54 Å². The molecule has 1 N–H and O–H groups in total. The van der Waals surface area contributed by atoms with Crippen LogP contribution in [-0.4, -0.2) is 20.3 Å². The molecule has 0 unspecified atom stereocenters. The lowest BCUT2D eigenvalue weighted by molar-refractivity contribution is -0.116. The van der Waals surface area contributed by atoms with Crippen LogP contribution in [0.1, 0.15) is 13.3 Å². The number of aryl methyl sites for hydroxylation is 2. The molecule has 0 radical (unpaired) electrons. The van der Waals surface area contributed by atoms with Gasteiger partial charge < -0.3 is 9.88 Å². The van der Waals surface area contributed by atoms with Crippen LogP contribution in [0.25, 0.3) is 0 Å². The van der Waals surface area contributed by atoms with Gasteiger partial charge in [0.2, 0.25) is 5.91 Å². The van der Waals surface area contributed by atoms with Crippen LogP contribution in [0.3, 0.4) is 0 Å². The van der Waals surface area contributed by atoms with Crippen LogP contribution in [0, 0.1) is 0 Å². The Hall–Kier alpha value is -2.37. The van der Waals surface area contributed by atoms with Crippen LogP contribution in [0.2, 0.25) is 0 Å². The van der Waals surface area contributed by atoms with Crippen molar-refractivity contribution in [2.75, 3.05) is 5.32 Å². The first-order chi connectivity index (χ1) is 9.19. The fourth-order valence-electron chi connectivity index (χ4n) is 1.69. The number of rotatable bonds is 5. The third-order valence-corrected chi connectivity index (χ3v) is 2.72. The maximum atomic E-state index is 11.7. The number of carbonyl (C=O) groups is 1. The highest BCUT2D eigenvalue weighted by Crippen LogP contribution is 2.05. The summed E-state index contributed by atoms with van der Waals surface area (Å²) in [5.41, 5.74) is 0.571. The van der Waals surface area contributed by atoms with Gasteiger partial charge in [0.25, 0.3) is 5.56 Å². The highest BCUT2D eigenvalue weighted by molar-refractivity contribution is 5.90. The van der Waals surface area contributed by atoms with Gasteiger partial charge in [-0.2, -0.15) is 5.10 Å². The van der Waals surface area contributed by atoms with Gasteiger partial charge in [0.15, 0.2) is 0 Å². The highest BCUT2D eigenvalue weighted by Gasteiger charge is 2.05. The molecule has 2 aromatic rings. The molecule has 100 valence electrons. The molecule has 19 heavy (non-hydrogen) atoms. The molecule has 0 saturated heterocycles. The topological polar surface area (TPSA) is 68.9 Å². The minimum atomic E-state index is -0.133.